The molecule has 1 aromatic carbocycles. The molecule has 18 heavy (non-hydrogen) atoms. The van der Waals surface area contributed by atoms with Crippen LogP contribution in [0.4, 0.5) is 0 Å². The number of fused-ring (bicyclic) bond motifs is 1. The van der Waals surface area contributed by atoms with Crippen LogP contribution in [0.15, 0.2) is 22.7 Å². The van der Waals surface area contributed by atoms with E-state index in [1.165, 1.54) is 15.6 Å². The Morgan fingerprint density at radius 2 is 2.33 bits per heavy atom. The van der Waals surface area contributed by atoms with Crippen LogP contribution in [0.2, 0.25) is 0 Å². The van der Waals surface area contributed by atoms with Gasteiger partial charge < -0.3 is 10.6 Å². The molecular weight excluding hydrogens is 292 g/mol. The van der Waals surface area contributed by atoms with Crippen molar-refractivity contribution < 1.29 is 4.79 Å². The van der Waals surface area contributed by atoms with Gasteiger partial charge in [-0.2, -0.15) is 0 Å². The number of nitrogens with one attached hydrogen (secondary N) is 2. The lowest BCUT2D eigenvalue weighted by Gasteiger charge is -2.14. The van der Waals surface area contributed by atoms with Crippen LogP contribution in [0.25, 0.3) is 0 Å². The molecule has 0 heterocycles. The molecule has 98 valence electrons. The van der Waals surface area contributed by atoms with Crippen molar-refractivity contribution in [3.8, 4) is 0 Å². The van der Waals surface area contributed by atoms with Gasteiger partial charge in [-0.3, -0.25) is 4.79 Å². The maximum atomic E-state index is 11.4. The summed E-state index contributed by atoms with van der Waals surface area (Å²) in [4.78, 5) is 11.4. The third-order valence-electron chi connectivity index (χ3n) is 3.33. The Kier molecular flexibility index (Phi) is 4.78. The first-order valence-electron chi connectivity index (χ1n) is 6.49. The highest BCUT2D eigenvalue weighted by atomic mass is 79.9. The van der Waals surface area contributed by atoms with Crippen molar-refractivity contribution in [2.75, 3.05) is 13.1 Å². The second kappa shape index (κ2) is 6.34. The zero-order chi connectivity index (χ0) is 13.0. The first-order chi connectivity index (χ1) is 8.72. The first kappa shape index (κ1) is 13.6. The zero-order valence-electron chi connectivity index (χ0n) is 10.6. The number of hydrogen-bond acceptors (Lipinski definition) is 2. The van der Waals surface area contributed by atoms with Gasteiger partial charge >= 0.3 is 0 Å². The van der Waals surface area contributed by atoms with Crippen LogP contribution in [0.5, 0.6) is 0 Å². The number of amides is 1. The van der Waals surface area contributed by atoms with E-state index in [1.807, 2.05) is 6.92 Å². The van der Waals surface area contributed by atoms with Crippen molar-refractivity contribution in [1.82, 2.24) is 10.6 Å². The predicted molar refractivity (Wildman–Crippen MR) is 76.5 cm³/mol. The van der Waals surface area contributed by atoms with Crippen LogP contribution in [0, 0.1) is 0 Å². The Morgan fingerprint density at radius 3 is 3.11 bits per heavy atom. The molecule has 1 aliphatic rings. The molecule has 0 saturated heterocycles. The molecule has 4 heteroatoms. The number of benzene rings is 1. The monoisotopic (exact) mass is 310 g/mol. The van der Waals surface area contributed by atoms with E-state index in [0.717, 1.165) is 19.4 Å². The van der Waals surface area contributed by atoms with Crippen molar-refractivity contribution in [2.45, 2.75) is 32.2 Å². The molecule has 0 aliphatic heterocycles. The lowest BCUT2D eigenvalue weighted by atomic mass is 10.1. The summed E-state index contributed by atoms with van der Waals surface area (Å²) >= 11 is 3.59. The van der Waals surface area contributed by atoms with Gasteiger partial charge in [0.05, 0.1) is 0 Å². The van der Waals surface area contributed by atoms with E-state index in [2.05, 4.69) is 44.8 Å². The number of halogens is 1. The highest BCUT2D eigenvalue weighted by molar-refractivity contribution is 9.10. The number of rotatable bonds is 5. The highest BCUT2D eigenvalue weighted by Gasteiger charge is 2.23. The second-order valence-electron chi connectivity index (χ2n) is 4.56. The molecule has 1 aromatic rings. The molecule has 1 unspecified atom stereocenters. The standard InChI is InChI=1S/C14H19BrN2O/c1-2-16-14(18)8-9-17-13-7-6-10-11(13)4-3-5-12(10)15/h3-5,13,17H,2,6-9H2,1H3,(H,16,18). The van der Waals surface area contributed by atoms with Crippen LogP contribution in [-0.4, -0.2) is 19.0 Å². The van der Waals surface area contributed by atoms with Crippen LogP contribution >= 0.6 is 15.9 Å². The molecule has 0 radical (unpaired) electrons. The Balaban J connectivity index is 1.87. The van der Waals surface area contributed by atoms with Gasteiger partial charge in [0.1, 0.15) is 0 Å². The maximum Gasteiger partial charge on any atom is 0.221 e. The van der Waals surface area contributed by atoms with Gasteiger partial charge in [-0.05, 0) is 37.0 Å². The molecule has 1 aliphatic carbocycles. The smallest absolute Gasteiger partial charge is 0.221 e. The summed E-state index contributed by atoms with van der Waals surface area (Å²) in [7, 11) is 0. The minimum Gasteiger partial charge on any atom is -0.356 e. The minimum atomic E-state index is 0.123. The second-order valence-corrected chi connectivity index (χ2v) is 5.41. The molecule has 0 spiro atoms. The normalized spacial score (nSPS) is 17.6. The fourth-order valence-corrected chi connectivity index (χ4v) is 3.05. The van der Waals surface area contributed by atoms with Gasteiger partial charge in [-0.25, -0.2) is 0 Å². The quantitative estimate of drug-likeness (QED) is 0.877. The maximum absolute atomic E-state index is 11.4. The Labute approximate surface area is 116 Å². The van der Waals surface area contributed by atoms with Gasteiger partial charge in [-0.15, -0.1) is 0 Å². The topological polar surface area (TPSA) is 41.1 Å². The minimum absolute atomic E-state index is 0.123. The summed E-state index contributed by atoms with van der Waals surface area (Å²) < 4.78 is 1.20. The fraction of sp³-hybridized carbons (Fsp3) is 0.500. The van der Waals surface area contributed by atoms with E-state index in [0.29, 0.717) is 19.0 Å². The van der Waals surface area contributed by atoms with E-state index in [4.69, 9.17) is 0 Å². The molecule has 2 rings (SSSR count). The van der Waals surface area contributed by atoms with E-state index in [1.54, 1.807) is 0 Å². The van der Waals surface area contributed by atoms with Crippen molar-refractivity contribution in [3.05, 3.63) is 33.8 Å². The molecule has 0 aromatic heterocycles. The molecular formula is C14H19BrN2O. The van der Waals surface area contributed by atoms with Gasteiger partial charge in [0.2, 0.25) is 5.91 Å². The van der Waals surface area contributed by atoms with E-state index in [9.17, 15) is 4.79 Å². The Hall–Kier alpha value is -0.870. The molecule has 0 fully saturated rings. The van der Waals surface area contributed by atoms with Crippen molar-refractivity contribution in [1.29, 1.82) is 0 Å². The van der Waals surface area contributed by atoms with Gasteiger partial charge in [0, 0.05) is 30.0 Å². The average molecular weight is 311 g/mol. The molecule has 0 bridgehead atoms. The highest BCUT2D eigenvalue weighted by Crippen LogP contribution is 2.35. The Bertz CT molecular complexity index is 434. The van der Waals surface area contributed by atoms with Crippen molar-refractivity contribution in [2.24, 2.45) is 0 Å². The van der Waals surface area contributed by atoms with Crippen LogP contribution in [0.3, 0.4) is 0 Å². The van der Waals surface area contributed by atoms with Crippen molar-refractivity contribution in [3.63, 3.8) is 0 Å². The van der Waals surface area contributed by atoms with Crippen LogP contribution < -0.4 is 10.6 Å². The first-order valence-corrected chi connectivity index (χ1v) is 7.29. The van der Waals surface area contributed by atoms with E-state index >= 15 is 0 Å². The molecule has 2 N–H and O–H groups in total. The molecule has 3 nitrogen and oxygen atoms in total. The van der Waals surface area contributed by atoms with Gasteiger partial charge in [-0.1, -0.05) is 28.1 Å². The predicted octanol–water partition coefficient (Wildman–Crippen LogP) is 2.55. The summed E-state index contributed by atoms with van der Waals surface area (Å²) in [5, 5.41) is 6.29. The lowest BCUT2D eigenvalue weighted by molar-refractivity contribution is -0.120. The average Bonchev–Trinajstić information content (AvgIpc) is 2.75. The molecule has 1 atom stereocenters. The molecule has 1 amide bonds. The number of hydrogen-bond donors (Lipinski definition) is 2. The lowest BCUT2D eigenvalue weighted by Crippen LogP contribution is -2.28. The third kappa shape index (κ3) is 3.12. The van der Waals surface area contributed by atoms with Crippen molar-refractivity contribution >= 4 is 21.8 Å². The van der Waals surface area contributed by atoms with Gasteiger partial charge in [0.25, 0.3) is 0 Å². The van der Waals surface area contributed by atoms with Crippen LogP contribution in [-0.2, 0) is 11.2 Å². The Morgan fingerprint density at radius 1 is 1.50 bits per heavy atom. The largest absolute Gasteiger partial charge is 0.356 e. The van der Waals surface area contributed by atoms with Gasteiger partial charge in [0.15, 0.2) is 0 Å². The molecule has 0 saturated carbocycles. The summed E-state index contributed by atoms with van der Waals surface area (Å²) in [6, 6.07) is 6.74. The zero-order valence-corrected chi connectivity index (χ0v) is 12.2. The van der Waals surface area contributed by atoms with Crippen LogP contribution in [0.1, 0.15) is 36.9 Å². The fourth-order valence-electron chi connectivity index (χ4n) is 2.47. The number of carbonyl (C=O) groups is 1. The summed E-state index contributed by atoms with van der Waals surface area (Å²) in [6.45, 7) is 3.39. The third-order valence-corrected chi connectivity index (χ3v) is 4.07. The summed E-state index contributed by atoms with van der Waals surface area (Å²) in [5.41, 5.74) is 2.79. The van der Waals surface area contributed by atoms with E-state index in [-0.39, 0.29) is 5.91 Å². The van der Waals surface area contributed by atoms with E-state index < -0.39 is 0 Å². The summed E-state index contributed by atoms with van der Waals surface area (Å²) in [5.74, 6) is 0.123. The number of carbonyl (C=O) groups excluding carboxylic acids is 1. The summed E-state index contributed by atoms with van der Waals surface area (Å²) in [6.07, 6.45) is 2.77. The SMILES string of the molecule is CCNC(=O)CCNC1CCc2c(Br)cccc21.